The summed E-state index contributed by atoms with van der Waals surface area (Å²) in [5.74, 6) is 0.626. The van der Waals surface area contributed by atoms with Crippen molar-refractivity contribution >= 4 is 11.6 Å². The third kappa shape index (κ3) is 3.90. The molecule has 0 aliphatic rings. The summed E-state index contributed by atoms with van der Waals surface area (Å²) in [7, 11) is 0. The minimum Gasteiger partial charge on any atom is -0.356 e. The zero-order chi connectivity index (χ0) is 19.3. The quantitative estimate of drug-likeness (QED) is 0.498. The lowest BCUT2D eigenvalue weighted by Gasteiger charge is -2.00. The molecule has 0 bridgehead atoms. The van der Waals surface area contributed by atoms with Crippen molar-refractivity contribution in [3.63, 3.8) is 0 Å². The Balaban J connectivity index is 1.52. The summed E-state index contributed by atoms with van der Waals surface area (Å²) in [5, 5.41) is 11.1. The van der Waals surface area contributed by atoms with Gasteiger partial charge in [0.1, 0.15) is 6.42 Å². The molecule has 1 aromatic carbocycles. The van der Waals surface area contributed by atoms with E-state index in [4.69, 9.17) is 4.52 Å². The highest BCUT2D eigenvalue weighted by Gasteiger charge is 2.13. The summed E-state index contributed by atoms with van der Waals surface area (Å²) in [6.07, 6.45) is 5.65. The van der Waals surface area contributed by atoms with Gasteiger partial charge in [-0.05, 0) is 24.6 Å². The summed E-state index contributed by atoms with van der Waals surface area (Å²) < 4.78 is 6.97. The minimum atomic E-state index is -0.116. The number of nitrogens with one attached hydrogen (secondary N) is 1. The molecule has 0 unspecified atom stereocenters. The zero-order valence-corrected chi connectivity index (χ0v) is 15.5. The van der Waals surface area contributed by atoms with Gasteiger partial charge in [-0.3, -0.25) is 4.79 Å². The van der Waals surface area contributed by atoms with Crippen LogP contribution in [-0.4, -0.2) is 37.2 Å². The van der Waals surface area contributed by atoms with Crippen LogP contribution in [-0.2, 0) is 11.2 Å². The Hall–Kier alpha value is -3.55. The summed E-state index contributed by atoms with van der Waals surface area (Å²) in [6, 6.07) is 11.5. The van der Waals surface area contributed by atoms with Crippen LogP contribution >= 0.6 is 0 Å². The van der Waals surface area contributed by atoms with Crippen molar-refractivity contribution in [2.75, 3.05) is 6.54 Å². The van der Waals surface area contributed by atoms with E-state index in [1.54, 1.807) is 10.7 Å². The second-order valence-corrected chi connectivity index (χ2v) is 6.43. The largest absolute Gasteiger partial charge is 0.356 e. The van der Waals surface area contributed by atoms with E-state index in [1.807, 2.05) is 42.6 Å². The molecule has 1 amide bonds. The van der Waals surface area contributed by atoms with Crippen LogP contribution in [0.2, 0.25) is 0 Å². The molecule has 0 aliphatic heterocycles. The molecule has 28 heavy (non-hydrogen) atoms. The van der Waals surface area contributed by atoms with Gasteiger partial charge < -0.3 is 9.84 Å². The number of carbonyl (C=O) groups is 1. The molecule has 0 atom stereocenters. The van der Waals surface area contributed by atoms with Crippen molar-refractivity contribution in [3.8, 4) is 22.6 Å². The van der Waals surface area contributed by atoms with Gasteiger partial charge in [0.2, 0.25) is 17.6 Å². The van der Waals surface area contributed by atoms with Gasteiger partial charge in [0.15, 0.2) is 5.65 Å². The molecule has 0 radical (unpaired) electrons. The molecule has 0 spiro atoms. The van der Waals surface area contributed by atoms with Crippen molar-refractivity contribution in [2.24, 2.45) is 0 Å². The lowest BCUT2D eigenvalue weighted by Crippen LogP contribution is -2.26. The molecule has 142 valence electrons. The number of amides is 1. The monoisotopic (exact) mass is 376 g/mol. The van der Waals surface area contributed by atoms with Crippen LogP contribution in [0.4, 0.5) is 0 Å². The number of benzene rings is 1. The molecule has 3 aromatic heterocycles. The summed E-state index contributed by atoms with van der Waals surface area (Å²) in [5.41, 5.74) is 3.30. The van der Waals surface area contributed by atoms with E-state index < -0.39 is 0 Å². The Bertz CT molecular complexity index is 1070. The van der Waals surface area contributed by atoms with E-state index in [-0.39, 0.29) is 12.3 Å². The predicted octanol–water partition coefficient (Wildman–Crippen LogP) is 2.91. The average Bonchev–Trinajstić information content (AvgIpc) is 3.35. The van der Waals surface area contributed by atoms with E-state index in [0.717, 1.165) is 35.3 Å². The normalized spacial score (nSPS) is 11.0. The first-order chi connectivity index (χ1) is 13.7. The molecule has 0 saturated carbocycles. The molecular weight excluding hydrogens is 356 g/mol. The van der Waals surface area contributed by atoms with Crippen LogP contribution in [0.1, 0.15) is 25.7 Å². The standard InChI is InChI=1S/C20H20N6O2/c1-2-3-9-21-18(27)12-19-24-20(25-28-19)15-7-4-6-14(11-15)16-13-26-17(23-16)8-5-10-22-26/h4-8,10-11,13H,2-3,9,12H2,1H3,(H,21,27). The maximum atomic E-state index is 11.9. The van der Waals surface area contributed by atoms with E-state index in [0.29, 0.717) is 18.3 Å². The minimum absolute atomic E-state index is 0.0779. The van der Waals surface area contributed by atoms with Gasteiger partial charge in [-0.2, -0.15) is 10.1 Å². The van der Waals surface area contributed by atoms with E-state index in [2.05, 4.69) is 32.5 Å². The number of fused-ring (bicyclic) bond motifs is 1. The number of hydrogen-bond donors (Lipinski definition) is 1. The number of rotatable bonds is 7. The molecule has 8 heteroatoms. The summed E-state index contributed by atoms with van der Waals surface area (Å²) in [4.78, 5) is 20.8. The fourth-order valence-corrected chi connectivity index (χ4v) is 2.84. The van der Waals surface area contributed by atoms with Crippen molar-refractivity contribution in [2.45, 2.75) is 26.2 Å². The number of nitrogens with zero attached hydrogens (tertiary/aromatic N) is 5. The van der Waals surface area contributed by atoms with Crippen LogP contribution in [0.25, 0.3) is 28.3 Å². The first-order valence-corrected chi connectivity index (χ1v) is 9.23. The van der Waals surface area contributed by atoms with Gasteiger partial charge in [-0.15, -0.1) is 0 Å². The third-order valence-corrected chi connectivity index (χ3v) is 4.29. The Labute approximate surface area is 161 Å². The number of unbranched alkanes of at least 4 members (excludes halogenated alkanes) is 1. The Morgan fingerprint density at radius 3 is 2.93 bits per heavy atom. The second kappa shape index (κ2) is 7.99. The lowest BCUT2D eigenvalue weighted by atomic mass is 10.1. The number of imidazole rings is 1. The molecule has 1 N–H and O–H groups in total. The number of aromatic nitrogens is 5. The van der Waals surface area contributed by atoms with Gasteiger partial charge in [0, 0.05) is 23.9 Å². The average molecular weight is 376 g/mol. The van der Waals surface area contributed by atoms with Crippen LogP contribution in [0.15, 0.2) is 53.3 Å². The second-order valence-electron chi connectivity index (χ2n) is 6.43. The fraction of sp³-hybridized carbons (Fsp3) is 0.250. The zero-order valence-electron chi connectivity index (χ0n) is 15.5. The molecule has 4 rings (SSSR count). The molecule has 0 fully saturated rings. The highest BCUT2D eigenvalue weighted by atomic mass is 16.5. The highest BCUT2D eigenvalue weighted by Crippen LogP contribution is 2.24. The van der Waals surface area contributed by atoms with Crippen molar-refractivity contribution < 1.29 is 9.32 Å². The van der Waals surface area contributed by atoms with Crippen molar-refractivity contribution in [1.82, 2.24) is 30.1 Å². The smallest absolute Gasteiger partial charge is 0.236 e. The van der Waals surface area contributed by atoms with E-state index in [9.17, 15) is 4.79 Å². The van der Waals surface area contributed by atoms with Gasteiger partial charge in [0.05, 0.1) is 11.9 Å². The van der Waals surface area contributed by atoms with Crippen LogP contribution < -0.4 is 5.32 Å². The summed E-state index contributed by atoms with van der Waals surface area (Å²) >= 11 is 0. The van der Waals surface area contributed by atoms with Gasteiger partial charge in [-0.25, -0.2) is 9.50 Å². The van der Waals surface area contributed by atoms with Crippen LogP contribution in [0, 0.1) is 0 Å². The molecule has 8 nitrogen and oxygen atoms in total. The number of carbonyl (C=O) groups excluding carboxylic acids is 1. The molecule has 4 aromatic rings. The van der Waals surface area contributed by atoms with Gasteiger partial charge >= 0.3 is 0 Å². The van der Waals surface area contributed by atoms with E-state index >= 15 is 0 Å². The molecule has 0 saturated heterocycles. The fourth-order valence-electron chi connectivity index (χ4n) is 2.84. The van der Waals surface area contributed by atoms with Gasteiger partial charge in [-0.1, -0.05) is 36.7 Å². The van der Waals surface area contributed by atoms with Crippen LogP contribution in [0.3, 0.4) is 0 Å². The van der Waals surface area contributed by atoms with Crippen molar-refractivity contribution in [3.05, 3.63) is 54.7 Å². The first-order valence-electron chi connectivity index (χ1n) is 9.23. The topological polar surface area (TPSA) is 98.2 Å². The summed E-state index contributed by atoms with van der Waals surface area (Å²) in [6.45, 7) is 2.74. The maximum absolute atomic E-state index is 11.9. The lowest BCUT2D eigenvalue weighted by molar-refractivity contribution is -0.120. The Morgan fingerprint density at radius 1 is 1.18 bits per heavy atom. The van der Waals surface area contributed by atoms with E-state index in [1.165, 1.54) is 0 Å². The predicted molar refractivity (Wildman–Crippen MR) is 103 cm³/mol. The first kappa shape index (κ1) is 17.8. The molecule has 0 aliphatic carbocycles. The van der Waals surface area contributed by atoms with Crippen LogP contribution in [0.5, 0.6) is 0 Å². The molecular formula is C20H20N6O2. The van der Waals surface area contributed by atoms with Crippen molar-refractivity contribution in [1.29, 1.82) is 0 Å². The number of hydrogen-bond acceptors (Lipinski definition) is 6. The Morgan fingerprint density at radius 2 is 2.07 bits per heavy atom. The maximum Gasteiger partial charge on any atom is 0.236 e. The highest BCUT2D eigenvalue weighted by molar-refractivity contribution is 5.77. The van der Waals surface area contributed by atoms with Gasteiger partial charge in [0.25, 0.3) is 0 Å². The third-order valence-electron chi connectivity index (χ3n) is 4.29. The Kier molecular flexibility index (Phi) is 5.09. The SMILES string of the molecule is CCCCNC(=O)Cc1nc(-c2cccc(-c3cn4ncccc4n3)c2)no1. The molecule has 3 heterocycles.